The molecule has 3 atom stereocenters. The van der Waals surface area contributed by atoms with Gasteiger partial charge in [-0.1, -0.05) is 19.8 Å². The quantitative estimate of drug-likeness (QED) is 0.797. The highest BCUT2D eigenvalue weighted by Gasteiger charge is 2.30. The zero-order valence-electron chi connectivity index (χ0n) is 10.7. The molecule has 1 aliphatic heterocycles. The molecule has 94 valence electrons. The minimum Gasteiger partial charge on any atom is -0.378 e. The molecule has 0 aromatic heterocycles. The number of ether oxygens (including phenoxy) is 1. The Morgan fingerprint density at radius 3 is 2.88 bits per heavy atom. The minimum absolute atomic E-state index is 0.149. The predicted molar refractivity (Wildman–Crippen MR) is 67.4 cm³/mol. The number of nitrogens with two attached hydrogens (primary N) is 1. The van der Waals surface area contributed by atoms with Crippen LogP contribution in [0.5, 0.6) is 0 Å². The van der Waals surface area contributed by atoms with Crippen LogP contribution in [-0.4, -0.2) is 18.2 Å². The van der Waals surface area contributed by atoms with Crippen LogP contribution in [0.15, 0.2) is 0 Å². The summed E-state index contributed by atoms with van der Waals surface area (Å²) < 4.78 is 5.66. The second kappa shape index (κ2) is 5.50. The average molecular weight is 225 g/mol. The number of hydrogen-bond acceptors (Lipinski definition) is 2. The van der Waals surface area contributed by atoms with Crippen molar-refractivity contribution in [3.05, 3.63) is 0 Å². The smallest absolute Gasteiger partial charge is 0.0576 e. The molecule has 2 heteroatoms. The van der Waals surface area contributed by atoms with E-state index in [1.165, 1.54) is 57.8 Å². The Balaban J connectivity index is 1.67. The largest absolute Gasteiger partial charge is 0.378 e. The highest BCUT2D eigenvalue weighted by molar-refractivity contribution is 4.89. The summed E-state index contributed by atoms with van der Waals surface area (Å²) in [5.74, 6) is 0.835. The fourth-order valence-corrected chi connectivity index (χ4v) is 3.48. The maximum absolute atomic E-state index is 6.49. The van der Waals surface area contributed by atoms with Gasteiger partial charge >= 0.3 is 0 Å². The first kappa shape index (κ1) is 12.4. The van der Waals surface area contributed by atoms with Crippen molar-refractivity contribution in [1.29, 1.82) is 0 Å². The van der Waals surface area contributed by atoms with E-state index in [2.05, 4.69) is 6.92 Å². The second-order valence-corrected chi connectivity index (χ2v) is 6.09. The van der Waals surface area contributed by atoms with Gasteiger partial charge in [-0.3, -0.25) is 0 Å². The van der Waals surface area contributed by atoms with Gasteiger partial charge in [0.1, 0.15) is 0 Å². The molecule has 2 nitrogen and oxygen atoms in total. The molecule has 1 saturated carbocycles. The van der Waals surface area contributed by atoms with Gasteiger partial charge in [-0.15, -0.1) is 0 Å². The third-order valence-corrected chi connectivity index (χ3v) is 4.35. The summed E-state index contributed by atoms with van der Waals surface area (Å²) in [5.41, 5.74) is 6.64. The van der Waals surface area contributed by atoms with E-state index >= 15 is 0 Å². The Bertz CT molecular complexity index is 213. The third-order valence-electron chi connectivity index (χ3n) is 4.35. The van der Waals surface area contributed by atoms with Crippen LogP contribution in [-0.2, 0) is 4.74 Å². The lowest BCUT2D eigenvalue weighted by atomic mass is 9.74. The van der Waals surface area contributed by atoms with E-state index < -0.39 is 0 Å². The standard InChI is InChI=1S/C14H27NO/c1-12-5-2-8-14(15,11-12)9-3-6-13-7-4-10-16-13/h12-13H,2-11,15H2,1H3. The summed E-state index contributed by atoms with van der Waals surface area (Å²) >= 11 is 0. The van der Waals surface area contributed by atoms with Gasteiger partial charge in [0, 0.05) is 12.1 Å². The Hall–Kier alpha value is -0.0800. The van der Waals surface area contributed by atoms with Gasteiger partial charge < -0.3 is 10.5 Å². The van der Waals surface area contributed by atoms with Crippen molar-refractivity contribution in [3.8, 4) is 0 Å². The Kier molecular flexibility index (Phi) is 4.26. The first-order valence-electron chi connectivity index (χ1n) is 7.08. The maximum atomic E-state index is 6.49. The SMILES string of the molecule is CC1CCCC(N)(CCCC2CCCO2)C1. The molecule has 2 aliphatic rings. The van der Waals surface area contributed by atoms with Gasteiger partial charge in [0.15, 0.2) is 0 Å². The van der Waals surface area contributed by atoms with Crippen molar-refractivity contribution >= 4 is 0 Å². The monoisotopic (exact) mass is 225 g/mol. The van der Waals surface area contributed by atoms with Crippen LogP contribution >= 0.6 is 0 Å². The van der Waals surface area contributed by atoms with E-state index in [-0.39, 0.29) is 5.54 Å². The summed E-state index contributed by atoms with van der Waals surface area (Å²) in [6, 6.07) is 0. The normalized spacial score (nSPS) is 40.1. The van der Waals surface area contributed by atoms with Crippen LogP contribution in [0, 0.1) is 5.92 Å². The van der Waals surface area contributed by atoms with Gasteiger partial charge in [-0.25, -0.2) is 0 Å². The van der Waals surface area contributed by atoms with Crippen molar-refractivity contribution in [2.75, 3.05) is 6.61 Å². The Labute approximate surface area is 99.9 Å². The zero-order chi connectivity index (χ0) is 11.4. The molecule has 0 bridgehead atoms. The fraction of sp³-hybridized carbons (Fsp3) is 1.00. The summed E-state index contributed by atoms with van der Waals surface area (Å²) in [5, 5.41) is 0. The van der Waals surface area contributed by atoms with Gasteiger partial charge in [0.2, 0.25) is 0 Å². The van der Waals surface area contributed by atoms with E-state index in [4.69, 9.17) is 10.5 Å². The van der Waals surface area contributed by atoms with E-state index in [0.717, 1.165) is 12.5 Å². The number of rotatable bonds is 4. The molecule has 16 heavy (non-hydrogen) atoms. The molecule has 1 heterocycles. The Morgan fingerprint density at radius 2 is 2.19 bits per heavy atom. The summed E-state index contributed by atoms with van der Waals surface area (Å²) in [4.78, 5) is 0. The summed E-state index contributed by atoms with van der Waals surface area (Å²) in [7, 11) is 0. The highest BCUT2D eigenvalue weighted by atomic mass is 16.5. The molecular formula is C14H27NO. The van der Waals surface area contributed by atoms with Crippen molar-refractivity contribution in [2.45, 2.75) is 76.4 Å². The van der Waals surface area contributed by atoms with Gasteiger partial charge in [0.05, 0.1) is 6.10 Å². The zero-order valence-corrected chi connectivity index (χ0v) is 10.7. The van der Waals surface area contributed by atoms with Gasteiger partial charge in [-0.2, -0.15) is 0 Å². The summed E-state index contributed by atoms with van der Waals surface area (Å²) in [6.07, 6.45) is 12.0. The van der Waals surface area contributed by atoms with E-state index in [9.17, 15) is 0 Å². The molecule has 0 amide bonds. The topological polar surface area (TPSA) is 35.2 Å². The van der Waals surface area contributed by atoms with E-state index in [1.807, 2.05) is 0 Å². The van der Waals surface area contributed by atoms with Gasteiger partial charge in [0.25, 0.3) is 0 Å². The molecule has 0 aromatic rings. The van der Waals surface area contributed by atoms with Crippen molar-refractivity contribution in [1.82, 2.24) is 0 Å². The molecule has 0 aromatic carbocycles. The van der Waals surface area contributed by atoms with Crippen LogP contribution < -0.4 is 5.73 Å². The predicted octanol–water partition coefficient (Wildman–Crippen LogP) is 3.24. The highest BCUT2D eigenvalue weighted by Crippen LogP contribution is 2.34. The van der Waals surface area contributed by atoms with Crippen molar-refractivity contribution in [2.24, 2.45) is 11.7 Å². The van der Waals surface area contributed by atoms with Crippen LogP contribution in [0.2, 0.25) is 0 Å². The molecule has 0 radical (unpaired) electrons. The maximum Gasteiger partial charge on any atom is 0.0576 e. The molecule has 0 spiro atoms. The van der Waals surface area contributed by atoms with Crippen LogP contribution in [0.3, 0.4) is 0 Å². The first-order valence-corrected chi connectivity index (χ1v) is 7.08. The van der Waals surface area contributed by atoms with E-state index in [0.29, 0.717) is 6.10 Å². The molecular weight excluding hydrogens is 198 g/mol. The first-order chi connectivity index (χ1) is 7.68. The number of hydrogen-bond donors (Lipinski definition) is 1. The minimum atomic E-state index is 0.149. The molecule has 1 aliphatic carbocycles. The summed E-state index contributed by atoms with van der Waals surface area (Å²) in [6.45, 7) is 3.33. The Morgan fingerprint density at radius 1 is 1.31 bits per heavy atom. The fourth-order valence-electron chi connectivity index (χ4n) is 3.48. The van der Waals surface area contributed by atoms with E-state index in [1.54, 1.807) is 0 Å². The molecule has 3 unspecified atom stereocenters. The van der Waals surface area contributed by atoms with Crippen LogP contribution in [0.4, 0.5) is 0 Å². The van der Waals surface area contributed by atoms with Crippen LogP contribution in [0.1, 0.15) is 64.7 Å². The van der Waals surface area contributed by atoms with Crippen LogP contribution in [0.25, 0.3) is 0 Å². The second-order valence-electron chi connectivity index (χ2n) is 6.09. The average Bonchev–Trinajstić information content (AvgIpc) is 2.69. The molecule has 1 saturated heterocycles. The molecule has 2 fully saturated rings. The lowest BCUT2D eigenvalue weighted by molar-refractivity contribution is 0.0980. The van der Waals surface area contributed by atoms with Gasteiger partial charge in [-0.05, 0) is 50.9 Å². The third kappa shape index (κ3) is 3.46. The van der Waals surface area contributed by atoms with Crippen molar-refractivity contribution < 1.29 is 4.74 Å². The molecule has 2 N–H and O–H groups in total. The van der Waals surface area contributed by atoms with Crippen molar-refractivity contribution in [3.63, 3.8) is 0 Å². The lowest BCUT2D eigenvalue weighted by Crippen LogP contribution is -2.43. The molecule has 2 rings (SSSR count). The lowest BCUT2D eigenvalue weighted by Gasteiger charge is -2.37.